The average Bonchev–Trinajstić information content (AvgIpc) is 3.04. The first-order valence-corrected chi connectivity index (χ1v) is 9.28. The number of carbonyl (C=O) groups is 2. The number of hydrogen-bond donors (Lipinski definition) is 2. The Hall–Kier alpha value is -2.18. The summed E-state index contributed by atoms with van der Waals surface area (Å²) in [6, 6.07) is 2.34. The largest absolute Gasteiger partial charge is 0.440 e. The summed E-state index contributed by atoms with van der Waals surface area (Å²) < 4.78 is 68.0. The number of aromatic nitrogens is 2. The molecule has 2 aliphatic rings. The van der Waals surface area contributed by atoms with Crippen LogP contribution in [-0.4, -0.2) is 58.5 Å². The number of hydrogen-bond acceptors (Lipinski definition) is 4. The molecule has 0 spiro atoms. The number of anilines is 1. The van der Waals surface area contributed by atoms with Gasteiger partial charge in [0.1, 0.15) is 0 Å². The molecule has 1 saturated heterocycles. The first-order valence-electron chi connectivity index (χ1n) is 8.52. The number of halogens is 7. The summed E-state index contributed by atoms with van der Waals surface area (Å²) in [5.41, 5.74) is -3.63. The first-order chi connectivity index (χ1) is 13.9. The fourth-order valence-corrected chi connectivity index (χ4v) is 3.90. The molecule has 2 N–H and O–H groups in total. The highest BCUT2D eigenvalue weighted by Gasteiger charge is 2.68. The molecule has 7 nitrogen and oxygen atoms in total. The zero-order valence-corrected chi connectivity index (χ0v) is 16.2. The van der Waals surface area contributed by atoms with E-state index in [2.05, 4.69) is 4.98 Å². The molecule has 3 heterocycles. The van der Waals surface area contributed by atoms with Crippen LogP contribution in [0.5, 0.6) is 0 Å². The summed E-state index contributed by atoms with van der Waals surface area (Å²) in [4.78, 5) is 30.1. The van der Waals surface area contributed by atoms with Gasteiger partial charge >= 0.3 is 6.18 Å². The quantitative estimate of drug-likeness (QED) is 0.672. The van der Waals surface area contributed by atoms with Gasteiger partial charge in [-0.1, -0.05) is 23.2 Å². The fourth-order valence-electron chi connectivity index (χ4n) is 3.59. The number of rotatable bonds is 4. The summed E-state index contributed by atoms with van der Waals surface area (Å²) in [5.74, 6) is -4.07. The molecule has 30 heavy (non-hydrogen) atoms. The van der Waals surface area contributed by atoms with Crippen LogP contribution in [0.2, 0.25) is 10.0 Å². The molecule has 0 radical (unpaired) electrons. The number of benzene rings is 1. The maximum atomic E-state index is 14.2. The van der Waals surface area contributed by atoms with E-state index >= 15 is 0 Å². The predicted octanol–water partition coefficient (Wildman–Crippen LogP) is 2.82. The highest BCUT2D eigenvalue weighted by molar-refractivity contribution is 6.42. The minimum atomic E-state index is -5.26. The van der Waals surface area contributed by atoms with Crippen LogP contribution in [0.3, 0.4) is 0 Å². The second-order valence-electron chi connectivity index (χ2n) is 6.98. The van der Waals surface area contributed by atoms with Crippen LogP contribution in [-0.2, 0) is 15.3 Å². The van der Waals surface area contributed by atoms with E-state index in [9.17, 15) is 31.5 Å². The fraction of sp³-hybridized carbons (Fsp3) is 0.438. The third-order valence-corrected chi connectivity index (χ3v) is 5.75. The topological polar surface area (TPSA) is 79.3 Å². The van der Waals surface area contributed by atoms with Crippen LogP contribution >= 0.6 is 23.2 Å². The highest BCUT2D eigenvalue weighted by Crippen LogP contribution is 2.45. The van der Waals surface area contributed by atoms with Crippen molar-refractivity contribution in [1.82, 2.24) is 19.8 Å². The number of nitrogens with one attached hydrogen (secondary N) is 2. The number of likely N-dealkylation sites (tertiary alicyclic amines) is 1. The van der Waals surface area contributed by atoms with Crippen molar-refractivity contribution in [2.75, 3.05) is 25.0 Å². The molecule has 0 saturated carbocycles. The van der Waals surface area contributed by atoms with Crippen molar-refractivity contribution < 1.29 is 31.5 Å². The van der Waals surface area contributed by atoms with Gasteiger partial charge in [-0.2, -0.15) is 13.2 Å². The van der Waals surface area contributed by atoms with Crippen molar-refractivity contribution in [2.24, 2.45) is 5.92 Å². The molecule has 2 aliphatic heterocycles. The number of fused-ring (bicyclic) bond motifs is 3. The van der Waals surface area contributed by atoms with Crippen molar-refractivity contribution in [3.05, 3.63) is 22.2 Å². The van der Waals surface area contributed by atoms with Gasteiger partial charge in [0.25, 0.3) is 18.0 Å². The van der Waals surface area contributed by atoms with Gasteiger partial charge < -0.3 is 5.32 Å². The van der Waals surface area contributed by atoms with Crippen LogP contribution in [0.4, 0.5) is 27.9 Å². The summed E-state index contributed by atoms with van der Waals surface area (Å²) in [7, 11) is 0. The summed E-state index contributed by atoms with van der Waals surface area (Å²) >= 11 is 11.8. The van der Waals surface area contributed by atoms with E-state index in [1.165, 1.54) is 11.0 Å². The van der Waals surface area contributed by atoms with Crippen molar-refractivity contribution in [1.29, 1.82) is 0 Å². The monoisotopic (exact) mass is 471 g/mol. The Bertz CT molecular complexity index is 1050. The lowest BCUT2D eigenvalue weighted by Crippen LogP contribution is -2.66. The molecule has 1 aromatic heterocycles. The molecule has 4 rings (SSSR count). The molecule has 162 valence electrons. The van der Waals surface area contributed by atoms with Crippen LogP contribution < -0.4 is 10.6 Å². The minimum Gasteiger partial charge on any atom is -0.317 e. The maximum Gasteiger partial charge on any atom is 0.440 e. The average molecular weight is 472 g/mol. The van der Waals surface area contributed by atoms with Crippen molar-refractivity contribution in [3.8, 4) is 0 Å². The Balaban J connectivity index is 1.73. The van der Waals surface area contributed by atoms with E-state index in [0.29, 0.717) is 4.57 Å². The molecule has 0 bridgehead atoms. The van der Waals surface area contributed by atoms with Crippen molar-refractivity contribution in [2.45, 2.75) is 18.3 Å². The van der Waals surface area contributed by atoms with Crippen LogP contribution in [0.15, 0.2) is 12.1 Å². The smallest absolute Gasteiger partial charge is 0.317 e. The molecule has 1 aromatic carbocycles. The lowest BCUT2D eigenvalue weighted by atomic mass is 9.97. The normalized spacial score (nSPS) is 22.3. The summed E-state index contributed by atoms with van der Waals surface area (Å²) in [6.07, 6.45) is -7.89. The Kier molecular flexibility index (Phi) is 4.86. The first kappa shape index (κ1) is 21.1. The number of alkyl halides is 5. The molecule has 1 unspecified atom stereocenters. The molecule has 2 aromatic rings. The van der Waals surface area contributed by atoms with Gasteiger partial charge in [-0.25, -0.2) is 13.8 Å². The van der Waals surface area contributed by atoms with E-state index in [0.717, 1.165) is 6.07 Å². The Labute approximate surface area is 175 Å². The molecule has 1 fully saturated rings. The second-order valence-corrected chi connectivity index (χ2v) is 7.80. The van der Waals surface area contributed by atoms with E-state index in [-0.39, 0.29) is 34.2 Å². The molecule has 1 atom stereocenters. The van der Waals surface area contributed by atoms with E-state index in [4.69, 9.17) is 23.2 Å². The molecular weight excluding hydrogens is 460 g/mol. The molecule has 2 amide bonds. The lowest BCUT2D eigenvalue weighted by molar-refractivity contribution is -0.218. The van der Waals surface area contributed by atoms with Gasteiger partial charge in [-0.15, -0.1) is 0 Å². The minimum absolute atomic E-state index is 0.0222. The zero-order chi connectivity index (χ0) is 22.0. The second kappa shape index (κ2) is 6.92. The third kappa shape index (κ3) is 3.08. The van der Waals surface area contributed by atoms with Gasteiger partial charge in [0.15, 0.2) is 0 Å². The number of amides is 2. The van der Waals surface area contributed by atoms with Crippen LogP contribution in [0.25, 0.3) is 11.0 Å². The van der Waals surface area contributed by atoms with Gasteiger partial charge in [-0.3, -0.25) is 24.4 Å². The molecular formula is C16H12Cl2F5N5O2. The van der Waals surface area contributed by atoms with Gasteiger partial charge in [0.05, 0.1) is 33.5 Å². The summed E-state index contributed by atoms with van der Waals surface area (Å²) in [6.45, 7) is -0.889. The number of carbonyl (C=O) groups excluding carboxylic acids is 2. The van der Waals surface area contributed by atoms with E-state index in [1.807, 2.05) is 5.32 Å². The van der Waals surface area contributed by atoms with Crippen molar-refractivity contribution >= 4 is 52.0 Å². The standard InChI is InChI=1S/C16H12Cl2F5N5O2/c17-7-1-9-10(2-8(7)18)28-14(24-9)25-13(30)15(28,16(21,22)23)26-12(29)6-3-27(4-6)5-11(19)20/h1-2,6,11H,3-5H2,(H,26,29)(H,24,25,30). The number of imidazole rings is 1. The zero-order valence-electron chi connectivity index (χ0n) is 14.7. The SMILES string of the molecule is O=C(NC1(C(F)(F)F)C(=O)Nc2nc3cc(Cl)c(Cl)cc3n21)C1CN(CC(F)F)C1. The van der Waals surface area contributed by atoms with Gasteiger partial charge in [0, 0.05) is 13.1 Å². The third-order valence-electron chi connectivity index (χ3n) is 5.02. The highest BCUT2D eigenvalue weighted by atomic mass is 35.5. The number of nitrogens with zero attached hydrogens (tertiary/aromatic N) is 3. The molecule has 14 heteroatoms. The predicted molar refractivity (Wildman–Crippen MR) is 96.5 cm³/mol. The lowest BCUT2D eigenvalue weighted by Gasteiger charge is -2.40. The van der Waals surface area contributed by atoms with Gasteiger partial charge in [0.2, 0.25) is 11.9 Å². The van der Waals surface area contributed by atoms with E-state index in [1.54, 1.807) is 5.32 Å². The maximum absolute atomic E-state index is 14.2. The Morgan fingerprint density at radius 3 is 2.53 bits per heavy atom. The summed E-state index contributed by atoms with van der Waals surface area (Å²) in [5, 5.41) is 3.77. The van der Waals surface area contributed by atoms with Crippen LogP contribution in [0.1, 0.15) is 0 Å². The van der Waals surface area contributed by atoms with E-state index < -0.39 is 48.5 Å². The Morgan fingerprint density at radius 1 is 1.30 bits per heavy atom. The van der Waals surface area contributed by atoms with Gasteiger partial charge in [-0.05, 0) is 12.1 Å². The van der Waals surface area contributed by atoms with Crippen LogP contribution in [0, 0.1) is 5.92 Å². The van der Waals surface area contributed by atoms with Crippen molar-refractivity contribution in [3.63, 3.8) is 0 Å². The Morgan fingerprint density at radius 2 is 1.93 bits per heavy atom. The molecule has 0 aliphatic carbocycles.